The Balaban J connectivity index is 0.00000112. The minimum Gasteiger partial charge on any atom is -0.480 e. The van der Waals surface area contributed by atoms with Crippen LogP contribution in [0.3, 0.4) is 0 Å². The van der Waals surface area contributed by atoms with Crippen molar-refractivity contribution >= 4 is 30.1 Å². The van der Waals surface area contributed by atoms with E-state index < -0.39 is 11.5 Å². The van der Waals surface area contributed by atoms with Crippen molar-refractivity contribution in [3.8, 4) is 0 Å². The molecule has 0 aliphatic heterocycles. The van der Waals surface area contributed by atoms with Gasteiger partial charge in [-0.3, -0.25) is 14.0 Å². The van der Waals surface area contributed by atoms with Crippen molar-refractivity contribution in [1.29, 1.82) is 0 Å². The summed E-state index contributed by atoms with van der Waals surface area (Å²) in [6.45, 7) is 0. The van der Waals surface area contributed by atoms with Crippen LogP contribution in [0.4, 0.5) is 0 Å². The van der Waals surface area contributed by atoms with Gasteiger partial charge in [0, 0.05) is 18.1 Å². The van der Waals surface area contributed by atoms with Crippen molar-refractivity contribution in [3.05, 3.63) is 16.0 Å². The van der Waals surface area contributed by atoms with Gasteiger partial charge in [-0.15, -0.1) is 12.4 Å². The Hall–Kier alpha value is -0.920. The van der Waals surface area contributed by atoms with E-state index in [0.29, 0.717) is 18.5 Å². The normalized spacial score (nSPS) is 28.2. The van der Waals surface area contributed by atoms with Crippen LogP contribution in [0.5, 0.6) is 0 Å². The number of hydrogen-bond acceptors (Lipinski definition) is 5. The molecule has 0 bridgehead atoms. The first-order valence-electron chi connectivity index (χ1n) is 4.09. The third kappa shape index (κ3) is 2.04. The van der Waals surface area contributed by atoms with E-state index in [-0.39, 0.29) is 23.9 Å². The number of aromatic nitrogens is 2. The Morgan fingerprint density at radius 3 is 2.87 bits per heavy atom. The average molecular weight is 252 g/mol. The van der Waals surface area contributed by atoms with Crippen LogP contribution in [0, 0.1) is 5.92 Å². The number of nitrogens with zero attached hydrogens (tertiary/aromatic N) is 1. The number of nitrogens with one attached hydrogen (secondary N) is 1. The SMILES string of the molecule is Cl.N[C@]1(C(=O)O)C[C@H]1Cc1ns[nH]c1=O. The molecular weight excluding hydrogens is 242 g/mol. The Morgan fingerprint density at radius 2 is 2.47 bits per heavy atom. The summed E-state index contributed by atoms with van der Waals surface area (Å²) in [7, 11) is 0. The van der Waals surface area contributed by atoms with Gasteiger partial charge in [-0.1, -0.05) is 0 Å². The number of carbonyl (C=O) groups is 1. The minimum absolute atomic E-state index is 0. The van der Waals surface area contributed by atoms with Crippen LogP contribution < -0.4 is 11.3 Å². The first kappa shape index (κ1) is 12.2. The fraction of sp³-hybridized carbons (Fsp3) is 0.571. The van der Waals surface area contributed by atoms with E-state index in [1.807, 2.05) is 0 Å². The second-order valence-corrected chi connectivity index (χ2v) is 4.08. The molecule has 4 N–H and O–H groups in total. The summed E-state index contributed by atoms with van der Waals surface area (Å²) >= 11 is 0.969. The molecule has 1 saturated carbocycles. The van der Waals surface area contributed by atoms with Crippen LogP contribution in [0.15, 0.2) is 4.79 Å². The van der Waals surface area contributed by atoms with Crippen LogP contribution in [0.2, 0.25) is 0 Å². The van der Waals surface area contributed by atoms with E-state index >= 15 is 0 Å². The molecule has 0 unspecified atom stereocenters. The maximum atomic E-state index is 11.1. The zero-order chi connectivity index (χ0) is 10.3. The molecule has 0 aromatic carbocycles. The lowest BCUT2D eigenvalue weighted by Gasteiger charge is -2.02. The molecule has 1 fully saturated rings. The highest BCUT2D eigenvalue weighted by Crippen LogP contribution is 2.42. The summed E-state index contributed by atoms with van der Waals surface area (Å²) in [6.07, 6.45) is 0.765. The number of carboxylic acid groups (broad SMARTS) is 1. The summed E-state index contributed by atoms with van der Waals surface area (Å²) < 4.78 is 6.29. The maximum Gasteiger partial charge on any atom is 0.323 e. The van der Waals surface area contributed by atoms with Gasteiger partial charge in [0.25, 0.3) is 5.56 Å². The second kappa shape index (κ2) is 3.92. The molecule has 1 heterocycles. The molecule has 1 aromatic rings. The summed E-state index contributed by atoms with van der Waals surface area (Å²) in [4.78, 5) is 21.7. The molecule has 1 aromatic heterocycles. The molecule has 84 valence electrons. The van der Waals surface area contributed by atoms with Gasteiger partial charge >= 0.3 is 5.97 Å². The van der Waals surface area contributed by atoms with Crippen molar-refractivity contribution in [3.63, 3.8) is 0 Å². The molecule has 0 saturated heterocycles. The smallest absolute Gasteiger partial charge is 0.323 e. The Bertz CT molecular complexity index is 431. The average Bonchev–Trinajstić information content (AvgIpc) is 2.59. The van der Waals surface area contributed by atoms with Crippen molar-refractivity contribution in [2.45, 2.75) is 18.4 Å². The van der Waals surface area contributed by atoms with Crippen LogP contribution >= 0.6 is 24.1 Å². The Labute approximate surface area is 95.2 Å². The number of H-pyrrole nitrogens is 1. The number of rotatable bonds is 3. The first-order chi connectivity index (χ1) is 6.54. The number of aliphatic carboxylic acids is 1. The maximum absolute atomic E-state index is 11.1. The summed E-state index contributed by atoms with van der Waals surface area (Å²) in [5, 5.41) is 8.75. The number of aromatic amines is 1. The van der Waals surface area contributed by atoms with Gasteiger partial charge in [0.05, 0.1) is 0 Å². The fourth-order valence-corrected chi connectivity index (χ4v) is 1.96. The number of hydrogen-bond donors (Lipinski definition) is 3. The van der Waals surface area contributed by atoms with E-state index in [9.17, 15) is 9.59 Å². The third-order valence-electron chi connectivity index (χ3n) is 2.55. The van der Waals surface area contributed by atoms with E-state index in [1.165, 1.54) is 0 Å². The molecule has 0 radical (unpaired) electrons. The number of carboxylic acids is 1. The molecule has 1 aliphatic carbocycles. The Morgan fingerprint density at radius 1 is 1.80 bits per heavy atom. The minimum atomic E-state index is -1.14. The summed E-state index contributed by atoms with van der Waals surface area (Å²) in [6, 6.07) is 0. The van der Waals surface area contributed by atoms with E-state index in [0.717, 1.165) is 11.7 Å². The molecule has 1 aliphatic rings. The van der Waals surface area contributed by atoms with Gasteiger partial charge in [-0.2, -0.15) is 4.37 Å². The lowest BCUT2D eigenvalue weighted by atomic mass is 10.1. The van der Waals surface area contributed by atoms with Crippen LogP contribution in [0.1, 0.15) is 12.1 Å². The third-order valence-corrected chi connectivity index (χ3v) is 3.14. The predicted octanol–water partition coefficient (Wildman–Crippen LogP) is -0.402. The fourth-order valence-electron chi connectivity index (χ4n) is 1.45. The van der Waals surface area contributed by atoms with Gasteiger partial charge in [-0.05, 0) is 12.3 Å². The highest BCUT2D eigenvalue weighted by molar-refractivity contribution is 6.99. The highest BCUT2D eigenvalue weighted by Gasteiger charge is 2.57. The van der Waals surface area contributed by atoms with Gasteiger partial charge in [-0.25, -0.2) is 0 Å². The van der Waals surface area contributed by atoms with Gasteiger partial charge in [0.15, 0.2) is 0 Å². The molecule has 0 spiro atoms. The van der Waals surface area contributed by atoms with Gasteiger partial charge in [0.1, 0.15) is 11.2 Å². The molecular formula is C7H10ClN3O3S. The topological polar surface area (TPSA) is 109 Å². The molecule has 2 rings (SSSR count). The summed E-state index contributed by atoms with van der Waals surface area (Å²) in [5.74, 6) is -1.17. The van der Waals surface area contributed by atoms with Crippen molar-refractivity contribution in [1.82, 2.24) is 8.75 Å². The van der Waals surface area contributed by atoms with E-state index in [4.69, 9.17) is 10.8 Å². The lowest BCUT2D eigenvalue weighted by Crippen LogP contribution is -2.35. The highest BCUT2D eigenvalue weighted by atomic mass is 35.5. The molecule has 2 atom stereocenters. The number of halogens is 1. The van der Waals surface area contributed by atoms with Gasteiger partial charge in [0.2, 0.25) is 0 Å². The predicted molar refractivity (Wildman–Crippen MR) is 56.3 cm³/mol. The van der Waals surface area contributed by atoms with Crippen molar-refractivity contribution < 1.29 is 9.90 Å². The standard InChI is InChI=1S/C7H9N3O3S.ClH/c8-7(6(12)13)2-3(7)1-4-5(11)10-14-9-4;/h3H,1-2,8H2,(H,10,11)(H,12,13);1H/t3-,7-;/m1./s1. The molecule has 6 nitrogen and oxygen atoms in total. The first-order valence-corrected chi connectivity index (χ1v) is 4.87. The second-order valence-electron chi connectivity index (χ2n) is 3.51. The van der Waals surface area contributed by atoms with Gasteiger partial charge < -0.3 is 10.8 Å². The lowest BCUT2D eigenvalue weighted by molar-refractivity contribution is -0.140. The largest absolute Gasteiger partial charge is 0.480 e. The zero-order valence-corrected chi connectivity index (χ0v) is 9.23. The van der Waals surface area contributed by atoms with E-state index in [1.54, 1.807) is 0 Å². The zero-order valence-electron chi connectivity index (χ0n) is 7.60. The number of nitrogens with two attached hydrogens (primary N) is 1. The molecule has 15 heavy (non-hydrogen) atoms. The molecule has 0 amide bonds. The molecule has 8 heteroatoms. The van der Waals surface area contributed by atoms with Crippen molar-refractivity contribution in [2.24, 2.45) is 11.7 Å². The monoisotopic (exact) mass is 251 g/mol. The quantitative estimate of drug-likeness (QED) is 0.677. The van der Waals surface area contributed by atoms with Crippen LogP contribution in [0.25, 0.3) is 0 Å². The van der Waals surface area contributed by atoms with Crippen LogP contribution in [-0.2, 0) is 11.2 Å². The van der Waals surface area contributed by atoms with Crippen LogP contribution in [-0.4, -0.2) is 25.4 Å². The summed E-state index contributed by atoms with van der Waals surface area (Å²) in [5.41, 5.74) is 4.56. The van der Waals surface area contributed by atoms with E-state index in [2.05, 4.69) is 8.75 Å². The van der Waals surface area contributed by atoms with Crippen molar-refractivity contribution in [2.75, 3.05) is 0 Å². The Kier molecular flexibility index (Phi) is 3.17.